The number of benzene rings is 1. The van der Waals surface area contributed by atoms with Gasteiger partial charge >= 0.3 is 0 Å². The molecule has 1 aliphatic carbocycles. The van der Waals surface area contributed by atoms with Crippen molar-refractivity contribution in [3.63, 3.8) is 0 Å². The van der Waals surface area contributed by atoms with Crippen molar-refractivity contribution in [2.75, 3.05) is 7.11 Å². The van der Waals surface area contributed by atoms with E-state index in [9.17, 15) is 9.59 Å². The van der Waals surface area contributed by atoms with Gasteiger partial charge < -0.3 is 9.64 Å². The van der Waals surface area contributed by atoms with E-state index < -0.39 is 0 Å². The van der Waals surface area contributed by atoms with Gasteiger partial charge in [-0.15, -0.1) is 11.3 Å². The van der Waals surface area contributed by atoms with Crippen molar-refractivity contribution >= 4 is 23.0 Å². The van der Waals surface area contributed by atoms with Gasteiger partial charge in [-0.05, 0) is 42.0 Å². The van der Waals surface area contributed by atoms with E-state index in [1.165, 1.54) is 11.3 Å². The van der Waals surface area contributed by atoms with E-state index >= 15 is 0 Å². The number of amides is 1. The number of hydrogen-bond acceptors (Lipinski definition) is 4. The van der Waals surface area contributed by atoms with E-state index in [1.54, 1.807) is 7.11 Å². The predicted octanol–water partition coefficient (Wildman–Crippen LogP) is 3.91. The molecule has 0 unspecified atom stereocenters. The number of methoxy groups -OCH3 is 1. The van der Waals surface area contributed by atoms with Crippen molar-refractivity contribution in [1.82, 2.24) is 4.90 Å². The molecule has 1 aromatic carbocycles. The van der Waals surface area contributed by atoms with Gasteiger partial charge in [0.25, 0.3) is 0 Å². The molecule has 1 aliphatic rings. The second-order valence-electron chi connectivity index (χ2n) is 6.00. The lowest BCUT2D eigenvalue weighted by Crippen LogP contribution is -2.32. The maximum Gasteiger partial charge on any atom is 0.223 e. The molecular formula is C19H21NO3S. The molecular weight excluding hydrogens is 322 g/mol. The highest BCUT2D eigenvalue weighted by atomic mass is 32.1. The average Bonchev–Trinajstić information content (AvgIpc) is 3.30. The normalized spacial score (nSPS) is 13.5. The first-order valence-corrected chi connectivity index (χ1v) is 9.04. The fourth-order valence-electron chi connectivity index (χ4n) is 2.66. The second-order valence-corrected chi connectivity index (χ2v) is 6.95. The summed E-state index contributed by atoms with van der Waals surface area (Å²) in [6, 6.07) is 11.8. The van der Waals surface area contributed by atoms with Crippen LogP contribution >= 0.6 is 11.3 Å². The number of nitrogens with zero attached hydrogens (tertiary/aromatic N) is 1. The van der Waals surface area contributed by atoms with Crippen LogP contribution in [-0.2, 0) is 11.3 Å². The van der Waals surface area contributed by atoms with Crippen molar-refractivity contribution in [2.45, 2.75) is 38.3 Å². The molecule has 1 fully saturated rings. The van der Waals surface area contributed by atoms with Gasteiger partial charge in [0.15, 0.2) is 5.78 Å². The molecule has 126 valence electrons. The zero-order valence-electron chi connectivity index (χ0n) is 13.7. The Bertz CT molecular complexity index is 690. The third-order valence-electron chi connectivity index (χ3n) is 4.18. The minimum atomic E-state index is 0.0542. The van der Waals surface area contributed by atoms with Gasteiger partial charge in [-0.1, -0.05) is 18.2 Å². The Labute approximate surface area is 146 Å². The van der Waals surface area contributed by atoms with E-state index in [2.05, 4.69) is 0 Å². The van der Waals surface area contributed by atoms with Crippen molar-refractivity contribution in [2.24, 2.45) is 0 Å². The third-order valence-corrected chi connectivity index (χ3v) is 5.09. The number of carbonyl (C=O) groups excluding carboxylic acids is 2. The lowest BCUT2D eigenvalue weighted by atomic mass is 10.1. The lowest BCUT2D eigenvalue weighted by molar-refractivity contribution is -0.132. The summed E-state index contributed by atoms with van der Waals surface area (Å²) in [4.78, 5) is 27.3. The zero-order chi connectivity index (χ0) is 16.9. The monoisotopic (exact) mass is 343 g/mol. The Balaban J connectivity index is 1.58. The molecule has 24 heavy (non-hydrogen) atoms. The summed E-state index contributed by atoms with van der Waals surface area (Å²) in [5.41, 5.74) is 1.08. The van der Waals surface area contributed by atoms with Crippen LogP contribution in [0.15, 0.2) is 41.8 Å². The highest BCUT2D eigenvalue weighted by Gasteiger charge is 2.32. The molecule has 0 bridgehead atoms. The largest absolute Gasteiger partial charge is 0.497 e. The molecule has 0 N–H and O–H groups in total. The topological polar surface area (TPSA) is 46.6 Å². The summed E-state index contributed by atoms with van der Waals surface area (Å²) in [6.07, 6.45) is 2.68. The lowest BCUT2D eigenvalue weighted by Gasteiger charge is -2.22. The standard InChI is InChI=1S/C19H21NO3S/c1-23-16-8-4-14(5-9-16)13-20(15-6-7-15)19(22)11-10-17(21)18-3-2-12-24-18/h2-5,8-9,12,15H,6-7,10-11,13H2,1H3. The number of Topliss-reactive ketones (excluding diaryl/α,β-unsaturated/α-hetero) is 1. The van der Waals surface area contributed by atoms with Crippen LogP contribution in [-0.4, -0.2) is 29.7 Å². The summed E-state index contributed by atoms with van der Waals surface area (Å²) in [5.74, 6) is 0.932. The summed E-state index contributed by atoms with van der Waals surface area (Å²) in [6.45, 7) is 0.598. The van der Waals surface area contributed by atoms with Crippen LogP contribution in [0.3, 0.4) is 0 Å². The molecule has 5 heteroatoms. The van der Waals surface area contributed by atoms with E-state index in [0.29, 0.717) is 12.6 Å². The van der Waals surface area contributed by atoms with Crippen molar-refractivity contribution in [3.05, 3.63) is 52.2 Å². The molecule has 1 aromatic heterocycles. The summed E-state index contributed by atoms with van der Waals surface area (Å²) in [5, 5.41) is 1.88. The molecule has 1 amide bonds. The molecule has 1 heterocycles. The molecule has 0 saturated heterocycles. The van der Waals surface area contributed by atoms with Gasteiger partial charge in [-0.25, -0.2) is 0 Å². The summed E-state index contributed by atoms with van der Waals surface area (Å²) >= 11 is 1.43. The molecule has 0 atom stereocenters. The highest BCUT2D eigenvalue weighted by Crippen LogP contribution is 2.29. The fraction of sp³-hybridized carbons (Fsp3) is 0.368. The smallest absolute Gasteiger partial charge is 0.223 e. The van der Waals surface area contributed by atoms with Crippen molar-refractivity contribution in [3.8, 4) is 5.75 Å². The Kier molecular flexibility index (Phi) is 5.30. The minimum Gasteiger partial charge on any atom is -0.497 e. The van der Waals surface area contributed by atoms with E-state index in [1.807, 2.05) is 46.7 Å². The van der Waals surface area contributed by atoms with E-state index in [0.717, 1.165) is 29.0 Å². The first-order chi connectivity index (χ1) is 11.7. The SMILES string of the molecule is COc1ccc(CN(C(=O)CCC(=O)c2cccs2)C2CC2)cc1. The average molecular weight is 343 g/mol. The van der Waals surface area contributed by atoms with Crippen LogP contribution in [0.5, 0.6) is 5.75 Å². The van der Waals surface area contributed by atoms with Gasteiger partial charge in [0, 0.05) is 25.4 Å². The number of rotatable bonds is 8. The Hall–Kier alpha value is -2.14. The number of carbonyl (C=O) groups is 2. The number of ether oxygens (including phenoxy) is 1. The molecule has 0 aliphatic heterocycles. The maximum atomic E-state index is 12.6. The molecule has 2 aromatic rings. The van der Waals surface area contributed by atoms with Gasteiger partial charge in [0.1, 0.15) is 5.75 Å². The van der Waals surface area contributed by atoms with Crippen LogP contribution < -0.4 is 4.74 Å². The molecule has 4 nitrogen and oxygen atoms in total. The minimum absolute atomic E-state index is 0.0542. The van der Waals surface area contributed by atoms with Crippen molar-refractivity contribution < 1.29 is 14.3 Å². The number of thiophene rings is 1. The van der Waals surface area contributed by atoms with Crippen LogP contribution in [0.25, 0.3) is 0 Å². The molecule has 3 rings (SSSR count). The second kappa shape index (κ2) is 7.62. The zero-order valence-corrected chi connectivity index (χ0v) is 14.6. The van der Waals surface area contributed by atoms with Gasteiger partial charge in [0.05, 0.1) is 12.0 Å². The predicted molar refractivity (Wildman–Crippen MR) is 94.4 cm³/mol. The Morgan fingerprint density at radius 2 is 1.92 bits per heavy atom. The third kappa shape index (κ3) is 4.23. The summed E-state index contributed by atoms with van der Waals surface area (Å²) in [7, 11) is 1.64. The highest BCUT2D eigenvalue weighted by molar-refractivity contribution is 7.12. The van der Waals surface area contributed by atoms with Gasteiger partial charge in [-0.2, -0.15) is 0 Å². The van der Waals surface area contributed by atoms with Gasteiger partial charge in [0.2, 0.25) is 5.91 Å². The number of ketones is 1. The Morgan fingerprint density at radius 3 is 2.50 bits per heavy atom. The number of hydrogen-bond donors (Lipinski definition) is 0. The van der Waals surface area contributed by atoms with Gasteiger partial charge in [-0.3, -0.25) is 9.59 Å². The van der Waals surface area contributed by atoms with Crippen LogP contribution in [0.1, 0.15) is 40.9 Å². The Morgan fingerprint density at radius 1 is 1.17 bits per heavy atom. The maximum absolute atomic E-state index is 12.6. The first-order valence-electron chi connectivity index (χ1n) is 8.16. The fourth-order valence-corrected chi connectivity index (χ4v) is 3.35. The van der Waals surface area contributed by atoms with Crippen LogP contribution in [0, 0.1) is 0 Å². The molecule has 1 saturated carbocycles. The first kappa shape index (κ1) is 16.7. The summed E-state index contributed by atoms with van der Waals surface area (Å²) < 4.78 is 5.16. The molecule has 0 radical (unpaired) electrons. The van der Waals surface area contributed by atoms with Crippen LogP contribution in [0.4, 0.5) is 0 Å². The van der Waals surface area contributed by atoms with E-state index in [4.69, 9.17) is 4.74 Å². The molecule has 0 spiro atoms. The van der Waals surface area contributed by atoms with Crippen molar-refractivity contribution in [1.29, 1.82) is 0 Å². The quantitative estimate of drug-likeness (QED) is 0.683. The van der Waals surface area contributed by atoms with Crippen LogP contribution in [0.2, 0.25) is 0 Å². The van der Waals surface area contributed by atoms with E-state index in [-0.39, 0.29) is 24.5 Å².